The third-order valence-electron chi connectivity index (χ3n) is 2.71. The zero-order chi connectivity index (χ0) is 12.5. The minimum atomic E-state index is 0.124. The lowest BCUT2D eigenvalue weighted by molar-refractivity contribution is -0.120. The lowest BCUT2D eigenvalue weighted by Crippen LogP contribution is -2.37. The molecule has 1 saturated heterocycles. The number of anilines is 1. The lowest BCUT2D eigenvalue weighted by atomic mass is 9.99. The van der Waals surface area contributed by atoms with Gasteiger partial charge in [0.25, 0.3) is 0 Å². The molecule has 2 N–H and O–H groups in total. The van der Waals surface area contributed by atoms with Crippen molar-refractivity contribution in [1.29, 1.82) is 0 Å². The first-order valence-corrected chi connectivity index (χ1v) is 6.43. The van der Waals surface area contributed by atoms with Crippen LogP contribution in [0.15, 0.2) is 30.3 Å². The lowest BCUT2D eigenvalue weighted by Gasteiger charge is -2.21. The van der Waals surface area contributed by atoms with Crippen molar-refractivity contribution in [3.8, 4) is 0 Å². The van der Waals surface area contributed by atoms with E-state index in [1.165, 1.54) is 0 Å². The molecule has 3 heteroatoms. The van der Waals surface area contributed by atoms with Gasteiger partial charge in [0.15, 0.2) is 0 Å². The summed E-state index contributed by atoms with van der Waals surface area (Å²) in [5.74, 6) is 0.257. The Morgan fingerprint density at radius 2 is 2.00 bits per heavy atom. The summed E-state index contributed by atoms with van der Waals surface area (Å²) >= 11 is 0. The molecule has 1 fully saturated rings. The van der Waals surface area contributed by atoms with Gasteiger partial charge in [-0.25, -0.2) is 0 Å². The maximum atomic E-state index is 11.8. The zero-order valence-corrected chi connectivity index (χ0v) is 10.7. The molecule has 1 aliphatic heterocycles. The quantitative estimate of drug-likeness (QED) is 0.826. The van der Waals surface area contributed by atoms with E-state index < -0.39 is 0 Å². The van der Waals surface area contributed by atoms with Crippen molar-refractivity contribution in [3.63, 3.8) is 0 Å². The van der Waals surface area contributed by atoms with Crippen LogP contribution < -0.4 is 10.6 Å². The molecule has 0 bridgehead atoms. The Hall–Kier alpha value is -1.35. The molecule has 1 unspecified atom stereocenters. The van der Waals surface area contributed by atoms with Gasteiger partial charge >= 0.3 is 0 Å². The van der Waals surface area contributed by atoms with Gasteiger partial charge in [-0.05, 0) is 31.5 Å². The Morgan fingerprint density at radius 3 is 2.59 bits per heavy atom. The number of hydrogen-bond donors (Lipinski definition) is 2. The van der Waals surface area contributed by atoms with Gasteiger partial charge in [0.1, 0.15) is 0 Å². The predicted molar refractivity (Wildman–Crippen MR) is 72.0 cm³/mol. The van der Waals surface area contributed by atoms with E-state index in [0.717, 1.165) is 31.6 Å². The molecular weight excluding hydrogens is 212 g/mol. The molecule has 0 radical (unpaired) electrons. The van der Waals surface area contributed by atoms with Crippen LogP contribution in [0.4, 0.5) is 5.69 Å². The van der Waals surface area contributed by atoms with Gasteiger partial charge in [0, 0.05) is 12.2 Å². The monoisotopic (exact) mass is 234 g/mol. The highest BCUT2D eigenvalue weighted by atomic mass is 16.1. The first-order chi connectivity index (χ1) is 8.36. The molecule has 1 heterocycles. The van der Waals surface area contributed by atoms with E-state index in [1.54, 1.807) is 0 Å². The second-order valence-corrected chi connectivity index (χ2v) is 3.90. The normalized spacial score (nSPS) is 18.8. The fourth-order valence-electron chi connectivity index (χ4n) is 1.84. The number of benzene rings is 1. The average Bonchev–Trinajstić information content (AvgIpc) is 2.43. The maximum Gasteiger partial charge on any atom is 0.228 e. The van der Waals surface area contributed by atoms with Crippen LogP contribution >= 0.6 is 0 Å². The second kappa shape index (κ2) is 7.85. The number of amides is 1. The van der Waals surface area contributed by atoms with Crippen LogP contribution in [0.1, 0.15) is 26.7 Å². The van der Waals surface area contributed by atoms with Crippen molar-refractivity contribution in [2.24, 2.45) is 5.92 Å². The molecule has 0 saturated carbocycles. The van der Waals surface area contributed by atoms with Crippen molar-refractivity contribution in [3.05, 3.63) is 30.3 Å². The molecule has 0 aromatic heterocycles. The first-order valence-electron chi connectivity index (χ1n) is 6.43. The summed E-state index contributed by atoms with van der Waals surface area (Å²) in [7, 11) is 0. The molecule has 1 amide bonds. The summed E-state index contributed by atoms with van der Waals surface area (Å²) in [6.07, 6.45) is 2.08. The predicted octanol–water partition coefficient (Wildman–Crippen LogP) is 2.65. The summed E-state index contributed by atoms with van der Waals surface area (Å²) in [5, 5.41) is 6.17. The van der Waals surface area contributed by atoms with E-state index in [1.807, 2.05) is 44.2 Å². The third kappa shape index (κ3) is 4.57. The summed E-state index contributed by atoms with van der Waals surface area (Å²) in [6, 6.07) is 9.61. The van der Waals surface area contributed by atoms with Crippen molar-refractivity contribution >= 4 is 11.6 Å². The third-order valence-corrected chi connectivity index (χ3v) is 2.71. The summed E-state index contributed by atoms with van der Waals surface area (Å²) in [5.41, 5.74) is 0.882. The van der Waals surface area contributed by atoms with Gasteiger partial charge < -0.3 is 10.6 Å². The van der Waals surface area contributed by atoms with Gasteiger partial charge in [-0.15, -0.1) is 0 Å². The highest BCUT2D eigenvalue weighted by Gasteiger charge is 2.20. The van der Waals surface area contributed by atoms with E-state index in [9.17, 15) is 4.79 Å². The molecule has 1 aromatic rings. The Balaban J connectivity index is 0.000000686. The van der Waals surface area contributed by atoms with Crippen LogP contribution in [0, 0.1) is 5.92 Å². The Morgan fingerprint density at radius 1 is 1.29 bits per heavy atom. The standard InChI is InChI=1S/C12H16N2O.C2H6/c15-12(10-5-4-8-13-9-10)14-11-6-2-1-3-7-11;1-2/h1-3,6-7,10,13H,4-5,8-9H2,(H,14,15);1-2H3. The van der Waals surface area contributed by atoms with Crippen LogP contribution in [-0.4, -0.2) is 19.0 Å². The molecule has 2 rings (SSSR count). The topological polar surface area (TPSA) is 41.1 Å². The molecule has 1 aromatic carbocycles. The van der Waals surface area contributed by atoms with Crippen LogP contribution in [-0.2, 0) is 4.79 Å². The number of hydrogen-bond acceptors (Lipinski definition) is 2. The van der Waals surface area contributed by atoms with E-state index in [2.05, 4.69) is 10.6 Å². The minimum absolute atomic E-state index is 0.124. The van der Waals surface area contributed by atoms with E-state index >= 15 is 0 Å². The van der Waals surface area contributed by atoms with Crippen molar-refractivity contribution in [2.75, 3.05) is 18.4 Å². The Labute approximate surface area is 104 Å². The molecule has 1 atom stereocenters. The van der Waals surface area contributed by atoms with Crippen molar-refractivity contribution in [2.45, 2.75) is 26.7 Å². The van der Waals surface area contributed by atoms with Crippen molar-refractivity contribution < 1.29 is 4.79 Å². The van der Waals surface area contributed by atoms with Crippen LogP contribution in [0.25, 0.3) is 0 Å². The summed E-state index contributed by atoms with van der Waals surface area (Å²) in [4.78, 5) is 11.8. The van der Waals surface area contributed by atoms with Gasteiger partial charge in [-0.1, -0.05) is 32.0 Å². The van der Waals surface area contributed by atoms with E-state index in [4.69, 9.17) is 0 Å². The number of nitrogens with one attached hydrogen (secondary N) is 2. The van der Waals surface area contributed by atoms with Gasteiger partial charge in [0.2, 0.25) is 5.91 Å². The average molecular weight is 234 g/mol. The van der Waals surface area contributed by atoms with Gasteiger partial charge in [0.05, 0.1) is 5.92 Å². The largest absolute Gasteiger partial charge is 0.326 e. The second-order valence-electron chi connectivity index (χ2n) is 3.90. The molecule has 17 heavy (non-hydrogen) atoms. The van der Waals surface area contributed by atoms with Gasteiger partial charge in [-0.2, -0.15) is 0 Å². The van der Waals surface area contributed by atoms with E-state index in [0.29, 0.717) is 0 Å². The van der Waals surface area contributed by atoms with Crippen LogP contribution in [0.3, 0.4) is 0 Å². The maximum absolute atomic E-state index is 11.8. The molecule has 0 spiro atoms. The SMILES string of the molecule is CC.O=C(Nc1ccccc1)C1CCCNC1. The first kappa shape index (κ1) is 13.7. The Kier molecular flexibility index (Phi) is 6.33. The molecule has 0 aliphatic carbocycles. The van der Waals surface area contributed by atoms with Crippen LogP contribution in [0.2, 0.25) is 0 Å². The van der Waals surface area contributed by atoms with Crippen LogP contribution in [0.5, 0.6) is 0 Å². The highest BCUT2D eigenvalue weighted by molar-refractivity contribution is 5.92. The summed E-state index contributed by atoms with van der Waals surface area (Å²) < 4.78 is 0. The zero-order valence-electron chi connectivity index (χ0n) is 10.7. The fraction of sp³-hybridized carbons (Fsp3) is 0.500. The number of rotatable bonds is 2. The van der Waals surface area contributed by atoms with Gasteiger partial charge in [-0.3, -0.25) is 4.79 Å². The number of carbonyl (C=O) groups is 1. The highest BCUT2D eigenvalue weighted by Crippen LogP contribution is 2.13. The number of para-hydroxylation sites is 1. The molecule has 94 valence electrons. The molecular formula is C14H22N2O. The number of carbonyl (C=O) groups excluding carboxylic acids is 1. The molecule has 3 nitrogen and oxygen atoms in total. The minimum Gasteiger partial charge on any atom is -0.326 e. The fourth-order valence-corrected chi connectivity index (χ4v) is 1.84. The summed E-state index contributed by atoms with van der Waals surface area (Å²) in [6.45, 7) is 5.84. The molecule has 1 aliphatic rings. The van der Waals surface area contributed by atoms with E-state index in [-0.39, 0.29) is 11.8 Å². The van der Waals surface area contributed by atoms with Crippen molar-refractivity contribution in [1.82, 2.24) is 5.32 Å². The Bertz CT molecular complexity index is 318. The smallest absolute Gasteiger partial charge is 0.228 e. The number of piperidine rings is 1.